The van der Waals surface area contributed by atoms with Crippen molar-refractivity contribution in [1.29, 1.82) is 0 Å². The molecule has 0 saturated carbocycles. The van der Waals surface area contributed by atoms with Gasteiger partial charge in [0.25, 0.3) is 5.91 Å². The first-order valence-electron chi connectivity index (χ1n) is 7.32. The molecule has 1 amide bonds. The van der Waals surface area contributed by atoms with Crippen LogP contribution in [0.5, 0.6) is 0 Å². The summed E-state index contributed by atoms with van der Waals surface area (Å²) in [5.41, 5.74) is 2.16. The SMILES string of the molecule is Cc1c(C(=O)Nc2nn(Cc3ccc(Cl)cc3Cl)cc2Br)cnn1C. The average Bonchev–Trinajstić information content (AvgIpc) is 3.06. The smallest absolute Gasteiger partial charge is 0.260 e. The molecule has 3 aromatic rings. The molecule has 0 bridgehead atoms. The predicted octanol–water partition coefficient (Wildman–Crippen LogP) is 4.29. The van der Waals surface area contributed by atoms with Crippen molar-refractivity contribution < 1.29 is 4.79 Å². The summed E-state index contributed by atoms with van der Waals surface area (Å²) in [7, 11) is 1.78. The maximum Gasteiger partial charge on any atom is 0.260 e. The molecule has 0 aliphatic heterocycles. The van der Waals surface area contributed by atoms with Crippen LogP contribution in [0.4, 0.5) is 5.82 Å². The van der Waals surface area contributed by atoms with Gasteiger partial charge in [-0.1, -0.05) is 29.3 Å². The van der Waals surface area contributed by atoms with Gasteiger partial charge in [0.1, 0.15) is 0 Å². The second kappa shape index (κ2) is 7.19. The van der Waals surface area contributed by atoms with E-state index in [-0.39, 0.29) is 5.91 Å². The molecule has 130 valence electrons. The lowest BCUT2D eigenvalue weighted by atomic mass is 10.2. The van der Waals surface area contributed by atoms with E-state index in [9.17, 15) is 4.79 Å². The van der Waals surface area contributed by atoms with Crippen molar-refractivity contribution in [3.8, 4) is 0 Å². The van der Waals surface area contributed by atoms with Crippen LogP contribution in [0.2, 0.25) is 10.0 Å². The molecule has 0 fully saturated rings. The van der Waals surface area contributed by atoms with Gasteiger partial charge >= 0.3 is 0 Å². The van der Waals surface area contributed by atoms with Gasteiger partial charge < -0.3 is 5.32 Å². The minimum absolute atomic E-state index is 0.263. The number of hydrogen-bond donors (Lipinski definition) is 1. The average molecular weight is 443 g/mol. The number of carbonyl (C=O) groups is 1. The number of amides is 1. The molecule has 3 rings (SSSR count). The number of nitrogens with one attached hydrogen (secondary N) is 1. The Hall–Kier alpha value is -1.83. The van der Waals surface area contributed by atoms with Crippen molar-refractivity contribution in [2.75, 3.05) is 5.32 Å². The zero-order valence-electron chi connectivity index (χ0n) is 13.4. The third kappa shape index (κ3) is 3.89. The molecule has 0 unspecified atom stereocenters. The Kier molecular flexibility index (Phi) is 5.17. The second-order valence-corrected chi connectivity index (χ2v) is 7.18. The summed E-state index contributed by atoms with van der Waals surface area (Å²) in [5.74, 6) is 0.166. The van der Waals surface area contributed by atoms with Crippen LogP contribution in [-0.4, -0.2) is 25.5 Å². The Bertz CT molecular complexity index is 950. The molecule has 1 N–H and O–H groups in total. The maximum atomic E-state index is 12.4. The number of halogens is 3. The zero-order valence-corrected chi connectivity index (χ0v) is 16.5. The first-order valence-corrected chi connectivity index (χ1v) is 8.87. The molecule has 0 saturated heterocycles. The lowest BCUT2D eigenvalue weighted by molar-refractivity contribution is 0.102. The zero-order chi connectivity index (χ0) is 18.1. The standard InChI is InChI=1S/C16H14BrCl2N5O/c1-9-12(6-20-23(9)2)16(25)21-15-13(17)8-24(22-15)7-10-3-4-11(18)5-14(10)19/h3-6,8H,7H2,1-2H3,(H,21,22,25). The fraction of sp³-hybridized carbons (Fsp3) is 0.188. The Morgan fingerprint density at radius 2 is 2.12 bits per heavy atom. The summed E-state index contributed by atoms with van der Waals surface area (Å²) in [6.07, 6.45) is 3.31. The molecular formula is C16H14BrCl2N5O. The number of carbonyl (C=O) groups excluding carboxylic acids is 1. The van der Waals surface area contributed by atoms with Gasteiger partial charge in [0.2, 0.25) is 0 Å². The molecule has 2 heterocycles. The van der Waals surface area contributed by atoms with E-state index < -0.39 is 0 Å². The van der Waals surface area contributed by atoms with Crippen LogP contribution in [0, 0.1) is 6.92 Å². The van der Waals surface area contributed by atoms with Crippen molar-refractivity contribution >= 4 is 50.9 Å². The summed E-state index contributed by atoms with van der Waals surface area (Å²) in [6.45, 7) is 2.29. The van der Waals surface area contributed by atoms with Gasteiger partial charge in [-0.2, -0.15) is 10.2 Å². The summed E-state index contributed by atoms with van der Waals surface area (Å²) < 4.78 is 4.00. The van der Waals surface area contributed by atoms with Crippen LogP contribution in [0.3, 0.4) is 0 Å². The molecule has 1 aromatic carbocycles. The number of nitrogens with zero attached hydrogens (tertiary/aromatic N) is 4. The molecular weight excluding hydrogens is 429 g/mol. The van der Waals surface area contributed by atoms with E-state index in [1.54, 1.807) is 34.7 Å². The summed E-state index contributed by atoms with van der Waals surface area (Å²) in [4.78, 5) is 12.4. The number of aryl methyl sites for hydroxylation is 1. The van der Waals surface area contributed by atoms with Gasteiger partial charge in [0, 0.05) is 29.0 Å². The van der Waals surface area contributed by atoms with E-state index in [0.717, 1.165) is 11.3 Å². The van der Waals surface area contributed by atoms with Crippen LogP contribution < -0.4 is 5.32 Å². The normalized spacial score (nSPS) is 10.9. The van der Waals surface area contributed by atoms with Gasteiger partial charge in [0.05, 0.1) is 22.8 Å². The molecule has 6 nitrogen and oxygen atoms in total. The largest absolute Gasteiger partial charge is 0.304 e. The summed E-state index contributed by atoms with van der Waals surface area (Å²) in [5, 5.41) is 12.4. The fourth-order valence-corrected chi connectivity index (χ4v) is 3.17. The maximum absolute atomic E-state index is 12.4. The first kappa shape index (κ1) is 18.0. The van der Waals surface area contributed by atoms with Crippen LogP contribution in [0.1, 0.15) is 21.6 Å². The summed E-state index contributed by atoms with van der Waals surface area (Å²) in [6, 6.07) is 5.30. The third-order valence-electron chi connectivity index (χ3n) is 3.78. The van der Waals surface area contributed by atoms with Gasteiger partial charge in [-0.25, -0.2) is 0 Å². The van der Waals surface area contributed by atoms with E-state index in [4.69, 9.17) is 23.2 Å². The first-order chi connectivity index (χ1) is 11.8. The topological polar surface area (TPSA) is 64.7 Å². The Balaban J connectivity index is 1.78. The van der Waals surface area contributed by atoms with Gasteiger partial charge in [-0.15, -0.1) is 0 Å². The number of hydrogen-bond acceptors (Lipinski definition) is 3. The van der Waals surface area contributed by atoms with Crippen molar-refractivity contribution in [3.63, 3.8) is 0 Å². The molecule has 2 aromatic heterocycles. The predicted molar refractivity (Wildman–Crippen MR) is 101 cm³/mol. The van der Waals surface area contributed by atoms with Gasteiger partial charge in [-0.05, 0) is 40.5 Å². The van der Waals surface area contributed by atoms with Crippen LogP contribution in [-0.2, 0) is 13.6 Å². The summed E-state index contributed by atoms with van der Waals surface area (Å²) >= 11 is 15.5. The lowest BCUT2D eigenvalue weighted by Crippen LogP contribution is -2.14. The third-order valence-corrected chi connectivity index (χ3v) is 4.94. The number of aromatic nitrogens is 4. The molecule has 0 aliphatic rings. The molecule has 0 radical (unpaired) electrons. The number of anilines is 1. The van der Waals surface area contributed by atoms with Crippen LogP contribution >= 0.6 is 39.1 Å². The van der Waals surface area contributed by atoms with E-state index in [2.05, 4.69) is 31.4 Å². The minimum atomic E-state index is -0.263. The fourth-order valence-electron chi connectivity index (χ4n) is 2.28. The number of benzene rings is 1. The highest BCUT2D eigenvalue weighted by Gasteiger charge is 2.16. The van der Waals surface area contributed by atoms with E-state index in [1.807, 2.05) is 13.0 Å². The second-order valence-electron chi connectivity index (χ2n) is 5.48. The monoisotopic (exact) mass is 441 g/mol. The van der Waals surface area contributed by atoms with Crippen molar-refractivity contribution in [3.05, 3.63) is 61.9 Å². The molecule has 25 heavy (non-hydrogen) atoms. The molecule has 9 heteroatoms. The quantitative estimate of drug-likeness (QED) is 0.655. The lowest BCUT2D eigenvalue weighted by Gasteiger charge is -2.05. The molecule has 0 spiro atoms. The Labute approximate surface area is 162 Å². The van der Waals surface area contributed by atoms with Gasteiger partial charge in [-0.3, -0.25) is 14.2 Å². The molecule has 0 atom stereocenters. The van der Waals surface area contributed by atoms with E-state index in [1.165, 1.54) is 6.20 Å². The van der Waals surface area contributed by atoms with Crippen molar-refractivity contribution in [2.45, 2.75) is 13.5 Å². The van der Waals surface area contributed by atoms with Crippen molar-refractivity contribution in [2.24, 2.45) is 7.05 Å². The van der Waals surface area contributed by atoms with E-state index in [0.29, 0.717) is 32.4 Å². The minimum Gasteiger partial charge on any atom is -0.304 e. The van der Waals surface area contributed by atoms with Crippen molar-refractivity contribution in [1.82, 2.24) is 19.6 Å². The van der Waals surface area contributed by atoms with Gasteiger partial charge in [0.15, 0.2) is 5.82 Å². The highest BCUT2D eigenvalue weighted by atomic mass is 79.9. The van der Waals surface area contributed by atoms with E-state index >= 15 is 0 Å². The van der Waals surface area contributed by atoms with Crippen LogP contribution in [0.15, 0.2) is 35.1 Å². The number of rotatable bonds is 4. The Morgan fingerprint density at radius 3 is 2.76 bits per heavy atom. The highest BCUT2D eigenvalue weighted by molar-refractivity contribution is 9.10. The Morgan fingerprint density at radius 1 is 1.36 bits per heavy atom. The highest BCUT2D eigenvalue weighted by Crippen LogP contribution is 2.25. The van der Waals surface area contributed by atoms with Crippen LogP contribution in [0.25, 0.3) is 0 Å². The molecule has 0 aliphatic carbocycles.